The smallest absolute Gasteiger partial charge is 0.192 e. The Morgan fingerprint density at radius 1 is 1.57 bits per heavy atom. The van der Waals surface area contributed by atoms with Crippen LogP contribution >= 0.6 is 0 Å². The lowest BCUT2D eigenvalue weighted by atomic mass is 10.1. The van der Waals surface area contributed by atoms with Crippen molar-refractivity contribution in [1.29, 1.82) is 0 Å². The lowest BCUT2D eigenvalue weighted by Gasteiger charge is -2.06. The van der Waals surface area contributed by atoms with Gasteiger partial charge in [-0.05, 0) is 30.2 Å². The fourth-order valence-electron chi connectivity index (χ4n) is 1.13. The fourth-order valence-corrected chi connectivity index (χ4v) is 1.13. The van der Waals surface area contributed by atoms with Crippen molar-refractivity contribution >= 4 is 11.6 Å². The van der Waals surface area contributed by atoms with E-state index >= 15 is 0 Å². The number of nitrogens with one attached hydrogen (secondary N) is 1. The van der Waals surface area contributed by atoms with Crippen LogP contribution in [0.4, 0.5) is 10.1 Å². The normalized spacial score (nSPS) is 11.5. The van der Waals surface area contributed by atoms with Crippen LogP contribution in [0.25, 0.3) is 0 Å². The average Bonchev–Trinajstić information content (AvgIpc) is 2.20. The molecule has 3 nitrogen and oxygen atoms in total. The van der Waals surface area contributed by atoms with Gasteiger partial charge in [-0.2, -0.15) is 0 Å². The molecule has 0 amide bonds. The van der Waals surface area contributed by atoms with Gasteiger partial charge >= 0.3 is 0 Å². The number of benzene rings is 1. The summed E-state index contributed by atoms with van der Waals surface area (Å²) in [5.74, 6) is 0.128. The number of guanidine groups is 1. The topological polar surface area (TPSA) is 50.4 Å². The number of aryl methyl sites for hydroxylation is 1. The molecule has 1 aromatic carbocycles. The third-order valence-electron chi connectivity index (χ3n) is 1.94. The van der Waals surface area contributed by atoms with Gasteiger partial charge in [0, 0.05) is 12.7 Å². The van der Waals surface area contributed by atoms with Crippen molar-refractivity contribution in [2.24, 2.45) is 10.7 Å². The first kappa shape index (κ1) is 10.5. The molecule has 0 fully saturated rings. The third kappa shape index (κ3) is 2.45. The van der Waals surface area contributed by atoms with E-state index in [4.69, 9.17) is 5.73 Å². The molecule has 76 valence electrons. The highest BCUT2D eigenvalue weighted by Gasteiger charge is 2.01. The summed E-state index contributed by atoms with van der Waals surface area (Å²) < 4.78 is 13.1. The number of aliphatic imine (C=N–C) groups is 1. The minimum Gasteiger partial charge on any atom is -0.370 e. The molecule has 0 aliphatic carbocycles. The zero-order valence-electron chi connectivity index (χ0n) is 8.34. The van der Waals surface area contributed by atoms with E-state index in [-0.39, 0.29) is 5.82 Å². The van der Waals surface area contributed by atoms with Crippen molar-refractivity contribution < 1.29 is 4.39 Å². The minimum atomic E-state index is -0.190. The summed E-state index contributed by atoms with van der Waals surface area (Å²) in [4.78, 5) is 3.75. The molecule has 0 bridgehead atoms. The van der Waals surface area contributed by atoms with Crippen LogP contribution in [-0.4, -0.2) is 13.0 Å². The van der Waals surface area contributed by atoms with Crippen molar-refractivity contribution in [3.63, 3.8) is 0 Å². The van der Waals surface area contributed by atoms with E-state index in [2.05, 4.69) is 10.3 Å². The molecule has 0 spiro atoms. The summed E-state index contributed by atoms with van der Waals surface area (Å²) >= 11 is 0. The second-order valence-corrected chi connectivity index (χ2v) is 2.89. The van der Waals surface area contributed by atoms with Gasteiger partial charge in [-0.1, -0.05) is 6.92 Å². The SMILES string of the molecule is CCc1cc(NC(N)=NC)ccc1F. The van der Waals surface area contributed by atoms with Gasteiger partial charge in [0.05, 0.1) is 0 Å². The van der Waals surface area contributed by atoms with Crippen LogP contribution in [-0.2, 0) is 6.42 Å². The van der Waals surface area contributed by atoms with Crippen LogP contribution in [0.15, 0.2) is 23.2 Å². The Balaban J connectivity index is 2.90. The van der Waals surface area contributed by atoms with Gasteiger partial charge in [-0.3, -0.25) is 4.99 Å². The predicted octanol–water partition coefficient (Wildman–Crippen LogP) is 1.74. The largest absolute Gasteiger partial charge is 0.370 e. The summed E-state index contributed by atoms with van der Waals surface area (Å²) in [5, 5.41) is 2.85. The van der Waals surface area contributed by atoms with E-state index < -0.39 is 0 Å². The van der Waals surface area contributed by atoms with Gasteiger partial charge in [0.2, 0.25) is 0 Å². The van der Waals surface area contributed by atoms with E-state index in [9.17, 15) is 4.39 Å². The van der Waals surface area contributed by atoms with Crippen LogP contribution in [0.3, 0.4) is 0 Å². The van der Waals surface area contributed by atoms with Gasteiger partial charge in [0.1, 0.15) is 5.82 Å². The molecule has 14 heavy (non-hydrogen) atoms. The Hall–Kier alpha value is -1.58. The molecule has 0 saturated heterocycles. The van der Waals surface area contributed by atoms with E-state index in [0.717, 1.165) is 5.69 Å². The van der Waals surface area contributed by atoms with Crippen molar-refractivity contribution in [2.45, 2.75) is 13.3 Å². The van der Waals surface area contributed by atoms with Gasteiger partial charge in [0.15, 0.2) is 5.96 Å². The molecule has 0 atom stereocenters. The number of rotatable bonds is 2. The maximum absolute atomic E-state index is 13.1. The minimum absolute atomic E-state index is 0.190. The molecule has 0 aromatic heterocycles. The lowest BCUT2D eigenvalue weighted by Crippen LogP contribution is -2.22. The first-order valence-electron chi connectivity index (χ1n) is 4.45. The predicted molar refractivity (Wildman–Crippen MR) is 56.9 cm³/mol. The van der Waals surface area contributed by atoms with Crippen LogP contribution in [0, 0.1) is 5.82 Å². The second kappa shape index (κ2) is 4.60. The highest BCUT2D eigenvalue weighted by atomic mass is 19.1. The summed E-state index contributed by atoms with van der Waals surface area (Å²) in [6.07, 6.45) is 0.657. The van der Waals surface area contributed by atoms with Gasteiger partial charge in [0.25, 0.3) is 0 Å². The quantitative estimate of drug-likeness (QED) is 0.558. The third-order valence-corrected chi connectivity index (χ3v) is 1.94. The van der Waals surface area contributed by atoms with Crippen LogP contribution in [0.1, 0.15) is 12.5 Å². The Morgan fingerprint density at radius 3 is 2.86 bits per heavy atom. The van der Waals surface area contributed by atoms with Gasteiger partial charge in [-0.25, -0.2) is 4.39 Å². The number of nitrogens with two attached hydrogens (primary N) is 1. The Kier molecular flexibility index (Phi) is 3.45. The first-order valence-corrected chi connectivity index (χ1v) is 4.45. The molecular formula is C10H14FN3. The summed E-state index contributed by atoms with van der Waals surface area (Å²) in [6.45, 7) is 1.90. The Morgan fingerprint density at radius 2 is 2.29 bits per heavy atom. The molecule has 1 aromatic rings. The zero-order valence-corrected chi connectivity index (χ0v) is 8.34. The standard InChI is InChI=1S/C10H14FN3/c1-3-7-6-8(4-5-9(7)11)14-10(12)13-2/h4-6H,3H2,1-2H3,(H3,12,13,14). The molecule has 3 N–H and O–H groups in total. The van der Waals surface area contributed by atoms with Gasteiger partial charge in [-0.15, -0.1) is 0 Å². The van der Waals surface area contributed by atoms with E-state index in [1.807, 2.05) is 6.92 Å². The Labute approximate surface area is 82.8 Å². The van der Waals surface area contributed by atoms with Crippen LogP contribution in [0.2, 0.25) is 0 Å². The number of nitrogens with zero attached hydrogens (tertiary/aromatic N) is 1. The molecule has 0 unspecified atom stereocenters. The van der Waals surface area contributed by atoms with Crippen molar-refractivity contribution in [3.8, 4) is 0 Å². The fraction of sp³-hybridized carbons (Fsp3) is 0.300. The Bertz CT molecular complexity index is 347. The number of hydrogen-bond acceptors (Lipinski definition) is 1. The van der Waals surface area contributed by atoms with Crippen molar-refractivity contribution in [1.82, 2.24) is 0 Å². The summed E-state index contributed by atoms with van der Waals surface area (Å²) in [6, 6.07) is 4.78. The number of hydrogen-bond donors (Lipinski definition) is 2. The number of anilines is 1. The average molecular weight is 195 g/mol. The van der Waals surface area contributed by atoms with E-state index in [0.29, 0.717) is 17.9 Å². The molecular weight excluding hydrogens is 181 g/mol. The van der Waals surface area contributed by atoms with Crippen LogP contribution < -0.4 is 11.1 Å². The van der Waals surface area contributed by atoms with Crippen molar-refractivity contribution in [2.75, 3.05) is 12.4 Å². The maximum atomic E-state index is 13.1. The molecule has 1 rings (SSSR count). The zero-order chi connectivity index (χ0) is 10.6. The number of halogens is 1. The molecule has 0 radical (unpaired) electrons. The monoisotopic (exact) mass is 195 g/mol. The van der Waals surface area contributed by atoms with E-state index in [1.54, 1.807) is 19.2 Å². The molecule has 0 saturated carbocycles. The molecule has 4 heteroatoms. The highest BCUT2D eigenvalue weighted by Crippen LogP contribution is 2.14. The molecule has 0 aliphatic heterocycles. The first-order chi connectivity index (χ1) is 6.67. The summed E-state index contributed by atoms with van der Waals surface area (Å²) in [5.41, 5.74) is 6.90. The second-order valence-electron chi connectivity index (χ2n) is 2.89. The molecule has 0 heterocycles. The van der Waals surface area contributed by atoms with Crippen LogP contribution in [0.5, 0.6) is 0 Å². The van der Waals surface area contributed by atoms with Crippen molar-refractivity contribution in [3.05, 3.63) is 29.6 Å². The lowest BCUT2D eigenvalue weighted by molar-refractivity contribution is 0.612. The maximum Gasteiger partial charge on any atom is 0.192 e. The highest BCUT2D eigenvalue weighted by molar-refractivity contribution is 5.92. The summed E-state index contributed by atoms with van der Waals surface area (Å²) in [7, 11) is 1.59. The van der Waals surface area contributed by atoms with E-state index in [1.165, 1.54) is 6.07 Å². The molecule has 0 aliphatic rings. The van der Waals surface area contributed by atoms with Gasteiger partial charge < -0.3 is 11.1 Å².